The van der Waals surface area contributed by atoms with Crippen molar-refractivity contribution in [1.82, 2.24) is 14.9 Å². The van der Waals surface area contributed by atoms with Crippen molar-refractivity contribution in [3.63, 3.8) is 0 Å². The highest BCUT2D eigenvalue weighted by atomic mass is 16.5. The second kappa shape index (κ2) is 7.28. The maximum absolute atomic E-state index is 12.5. The topological polar surface area (TPSA) is 58.6 Å². The van der Waals surface area contributed by atoms with Crippen molar-refractivity contribution in [3.8, 4) is 0 Å². The number of aromatic nitrogens is 2. The molecule has 3 aliphatic rings. The summed E-state index contributed by atoms with van der Waals surface area (Å²) in [6.07, 6.45) is 6.25. The van der Waals surface area contributed by atoms with E-state index in [2.05, 4.69) is 9.88 Å². The molecule has 136 valence electrons. The minimum absolute atomic E-state index is 0.306. The molecule has 1 aromatic rings. The van der Waals surface area contributed by atoms with Crippen LogP contribution in [0.1, 0.15) is 42.8 Å². The van der Waals surface area contributed by atoms with Crippen molar-refractivity contribution in [3.05, 3.63) is 17.1 Å². The van der Waals surface area contributed by atoms with Crippen LogP contribution in [0.2, 0.25) is 0 Å². The van der Waals surface area contributed by atoms with Gasteiger partial charge in [-0.1, -0.05) is 0 Å². The molecular formula is C19H28N4O2. The molecule has 0 bridgehead atoms. The second-order valence-corrected chi connectivity index (χ2v) is 7.50. The van der Waals surface area contributed by atoms with E-state index in [4.69, 9.17) is 9.72 Å². The van der Waals surface area contributed by atoms with Crippen molar-refractivity contribution in [2.24, 2.45) is 5.92 Å². The summed E-state index contributed by atoms with van der Waals surface area (Å²) in [5.74, 6) is 2.86. The molecule has 4 rings (SSSR count). The van der Waals surface area contributed by atoms with Crippen LogP contribution in [-0.4, -0.2) is 60.2 Å². The summed E-state index contributed by atoms with van der Waals surface area (Å²) in [7, 11) is 0. The zero-order valence-electron chi connectivity index (χ0n) is 15.2. The largest absolute Gasteiger partial charge is 0.378 e. The number of anilines is 1. The summed E-state index contributed by atoms with van der Waals surface area (Å²) < 4.78 is 5.34. The molecule has 0 radical (unpaired) electrons. The standard InChI is InChI=1S/C19H28N4O2/c1-14-20-17-4-2-3-16(17)19(21-14)23-7-5-15(6-8-23)13-18(24)22-9-11-25-12-10-22/h15H,2-13H2,1H3. The van der Waals surface area contributed by atoms with Crippen molar-refractivity contribution in [2.75, 3.05) is 44.3 Å². The van der Waals surface area contributed by atoms with E-state index in [9.17, 15) is 4.79 Å². The third kappa shape index (κ3) is 3.64. The van der Waals surface area contributed by atoms with Gasteiger partial charge in [0.05, 0.1) is 13.2 Å². The van der Waals surface area contributed by atoms with Gasteiger partial charge in [-0.2, -0.15) is 0 Å². The monoisotopic (exact) mass is 344 g/mol. The van der Waals surface area contributed by atoms with Crippen LogP contribution in [0.4, 0.5) is 5.82 Å². The van der Waals surface area contributed by atoms with Crippen LogP contribution in [0.5, 0.6) is 0 Å². The zero-order chi connectivity index (χ0) is 17.2. The molecule has 1 aromatic heterocycles. The Morgan fingerprint density at radius 1 is 1.12 bits per heavy atom. The Kier molecular flexibility index (Phi) is 4.88. The van der Waals surface area contributed by atoms with Gasteiger partial charge in [0, 0.05) is 43.9 Å². The van der Waals surface area contributed by atoms with Crippen molar-refractivity contribution in [2.45, 2.75) is 45.4 Å². The van der Waals surface area contributed by atoms with E-state index < -0.39 is 0 Å². The van der Waals surface area contributed by atoms with Gasteiger partial charge in [-0.05, 0) is 44.9 Å². The van der Waals surface area contributed by atoms with E-state index in [0.29, 0.717) is 31.5 Å². The first-order valence-electron chi connectivity index (χ1n) is 9.67. The van der Waals surface area contributed by atoms with E-state index in [1.165, 1.54) is 17.7 Å². The number of rotatable bonds is 3. The van der Waals surface area contributed by atoms with Gasteiger partial charge in [0.1, 0.15) is 11.6 Å². The number of aryl methyl sites for hydroxylation is 2. The van der Waals surface area contributed by atoms with Crippen LogP contribution >= 0.6 is 0 Å². The number of carbonyl (C=O) groups excluding carboxylic acids is 1. The Hall–Kier alpha value is -1.69. The maximum atomic E-state index is 12.5. The molecule has 0 unspecified atom stereocenters. The number of morpholine rings is 1. The molecule has 0 N–H and O–H groups in total. The Morgan fingerprint density at radius 3 is 2.64 bits per heavy atom. The van der Waals surface area contributed by atoms with E-state index in [1.807, 2.05) is 11.8 Å². The number of amides is 1. The molecule has 6 heteroatoms. The average Bonchev–Trinajstić information content (AvgIpc) is 3.11. The first-order valence-corrected chi connectivity index (χ1v) is 9.67. The summed E-state index contributed by atoms with van der Waals surface area (Å²) >= 11 is 0. The van der Waals surface area contributed by atoms with Crippen LogP contribution in [0, 0.1) is 12.8 Å². The van der Waals surface area contributed by atoms with Gasteiger partial charge in [-0.3, -0.25) is 4.79 Å². The van der Waals surface area contributed by atoms with Crippen LogP contribution < -0.4 is 4.90 Å². The highest BCUT2D eigenvalue weighted by Gasteiger charge is 2.28. The summed E-state index contributed by atoms with van der Waals surface area (Å²) in [5, 5.41) is 0. The zero-order valence-corrected chi connectivity index (χ0v) is 15.2. The number of hydrogen-bond donors (Lipinski definition) is 0. The van der Waals surface area contributed by atoms with E-state index >= 15 is 0 Å². The van der Waals surface area contributed by atoms with Gasteiger partial charge in [-0.15, -0.1) is 0 Å². The Morgan fingerprint density at radius 2 is 1.88 bits per heavy atom. The van der Waals surface area contributed by atoms with Crippen LogP contribution in [0.25, 0.3) is 0 Å². The lowest BCUT2D eigenvalue weighted by atomic mass is 9.92. The Bertz CT molecular complexity index is 635. The number of nitrogens with zero attached hydrogens (tertiary/aromatic N) is 4. The van der Waals surface area contributed by atoms with Gasteiger partial charge < -0.3 is 14.5 Å². The molecule has 3 heterocycles. The minimum atomic E-state index is 0.306. The fraction of sp³-hybridized carbons (Fsp3) is 0.737. The fourth-order valence-electron chi connectivity index (χ4n) is 4.33. The van der Waals surface area contributed by atoms with Gasteiger partial charge in [0.2, 0.25) is 5.91 Å². The minimum Gasteiger partial charge on any atom is -0.378 e. The predicted octanol–water partition coefficient (Wildman–Crippen LogP) is 1.74. The highest BCUT2D eigenvalue weighted by molar-refractivity contribution is 5.76. The predicted molar refractivity (Wildman–Crippen MR) is 95.7 cm³/mol. The summed E-state index contributed by atoms with van der Waals surface area (Å²) in [5.41, 5.74) is 2.63. The summed E-state index contributed by atoms with van der Waals surface area (Å²) in [6, 6.07) is 0. The molecule has 1 aliphatic carbocycles. The molecule has 0 atom stereocenters. The van der Waals surface area contributed by atoms with E-state index in [0.717, 1.165) is 63.5 Å². The Labute approximate surface area is 149 Å². The number of fused-ring (bicyclic) bond motifs is 1. The lowest BCUT2D eigenvalue weighted by molar-refractivity contribution is -0.136. The molecule has 6 nitrogen and oxygen atoms in total. The first kappa shape index (κ1) is 16.8. The molecule has 2 saturated heterocycles. The second-order valence-electron chi connectivity index (χ2n) is 7.50. The molecular weight excluding hydrogens is 316 g/mol. The summed E-state index contributed by atoms with van der Waals surface area (Å²) in [6.45, 7) is 6.88. The smallest absolute Gasteiger partial charge is 0.223 e. The van der Waals surface area contributed by atoms with Crippen molar-refractivity contribution in [1.29, 1.82) is 0 Å². The number of hydrogen-bond acceptors (Lipinski definition) is 5. The molecule has 2 aliphatic heterocycles. The lowest BCUT2D eigenvalue weighted by Crippen LogP contribution is -2.42. The molecule has 25 heavy (non-hydrogen) atoms. The average molecular weight is 344 g/mol. The maximum Gasteiger partial charge on any atom is 0.223 e. The van der Waals surface area contributed by atoms with Crippen molar-refractivity contribution >= 4 is 11.7 Å². The summed E-state index contributed by atoms with van der Waals surface area (Å²) in [4.78, 5) is 26.2. The third-order valence-electron chi connectivity index (χ3n) is 5.76. The van der Waals surface area contributed by atoms with E-state index in [-0.39, 0.29) is 0 Å². The van der Waals surface area contributed by atoms with Crippen LogP contribution in [-0.2, 0) is 22.4 Å². The first-order chi connectivity index (χ1) is 12.2. The molecule has 0 spiro atoms. The van der Waals surface area contributed by atoms with Gasteiger partial charge in [-0.25, -0.2) is 9.97 Å². The number of carbonyl (C=O) groups is 1. The van der Waals surface area contributed by atoms with Gasteiger partial charge in [0.25, 0.3) is 0 Å². The Balaban J connectivity index is 1.35. The molecule has 0 aromatic carbocycles. The van der Waals surface area contributed by atoms with E-state index in [1.54, 1.807) is 0 Å². The van der Waals surface area contributed by atoms with Gasteiger partial charge >= 0.3 is 0 Å². The highest BCUT2D eigenvalue weighted by Crippen LogP contribution is 2.32. The quantitative estimate of drug-likeness (QED) is 0.836. The number of piperidine rings is 1. The third-order valence-corrected chi connectivity index (χ3v) is 5.76. The molecule has 2 fully saturated rings. The molecule has 1 amide bonds. The van der Waals surface area contributed by atoms with Crippen LogP contribution in [0.15, 0.2) is 0 Å². The molecule has 0 saturated carbocycles. The normalized spacial score (nSPS) is 21.5. The van der Waals surface area contributed by atoms with Crippen molar-refractivity contribution < 1.29 is 9.53 Å². The fourth-order valence-corrected chi connectivity index (χ4v) is 4.33. The SMILES string of the molecule is Cc1nc2c(c(N3CCC(CC(=O)N4CCOCC4)CC3)n1)CCC2. The van der Waals surface area contributed by atoms with Crippen LogP contribution in [0.3, 0.4) is 0 Å². The lowest BCUT2D eigenvalue weighted by Gasteiger charge is -2.35. The van der Waals surface area contributed by atoms with Gasteiger partial charge in [0.15, 0.2) is 0 Å². The number of ether oxygens (including phenoxy) is 1.